The summed E-state index contributed by atoms with van der Waals surface area (Å²) in [4.78, 5) is 11.5. The van der Waals surface area contributed by atoms with Gasteiger partial charge in [-0.25, -0.2) is 4.79 Å². The van der Waals surface area contributed by atoms with Gasteiger partial charge in [0.15, 0.2) is 0 Å². The van der Waals surface area contributed by atoms with Crippen LogP contribution in [0.2, 0.25) is 0 Å². The fourth-order valence-electron chi connectivity index (χ4n) is 1.73. The van der Waals surface area contributed by atoms with Gasteiger partial charge in [0, 0.05) is 0 Å². The number of esters is 1. The van der Waals surface area contributed by atoms with Crippen molar-refractivity contribution in [1.29, 1.82) is 0 Å². The van der Waals surface area contributed by atoms with Crippen LogP contribution < -0.4 is 0 Å². The van der Waals surface area contributed by atoms with Crippen molar-refractivity contribution in [1.82, 2.24) is 0 Å². The molecule has 5 heteroatoms. The Morgan fingerprint density at radius 3 is 2.31 bits per heavy atom. The molecule has 0 spiro atoms. The molecule has 0 heterocycles. The highest BCUT2D eigenvalue weighted by atomic mass is 16.5. The minimum Gasteiger partial charge on any atom is -0.465 e. The van der Waals surface area contributed by atoms with Crippen molar-refractivity contribution in [3.05, 3.63) is 22.8 Å². The summed E-state index contributed by atoms with van der Waals surface area (Å²) in [5.74, 6) is -0.638. The van der Waals surface area contributed by atoms with Gasteiger partial charge in [-0.15, -0.1) is 0 Å². The first kappa shape index (κ1) is 12.9. The molecular formula is C11H16O5. The summed E-state index contributed by atoms with van der Waals surface area (Å²) in [6, 6.07) is 0. The first-order chi connectivity index (χ1) is 7.40. The molecule has 0 saturated heterocycles. The zero-order chi connectivity index (χ0) is 12.5. The summed E-state index contributed by atoms with van der Waals surface area (Å²) >= 11 is 0. The standard InChI is InChI=1S/C11H16O5/c1-5(2)8-6(11(15)16-3)4-7(12)9(13)10(8)14/h4,7,9-10,12-14H,1-3H3. The fourth-order valence-corrected chi connectivity index (χ4v) is 1.73. The number of hydrogen-bond acceptors (Lipinski definition) is 5. The molecule has 1 rings (SSSR count). The number of carbonyl (C=O) groups is 1. The van der Waals surface area contributed by atoms with Gasteiger partial charge in [0.05, 0.1) is 12.7 Å². The van der Waals surface area contributed by atoms with Crippen LogP contribution >= 0.6 is 0 Å². The van der Waals surface area contributed by atoms with E-state index in [0.717, 1.165) is 0 Å². The lowest BCUT2D eigenvalue weighted by atomic mass is 9.85. The van der Waals surface area contributed by atoms with Gasteiger partial charge in [0.2, 0.25) is 0 Å². The normalized spacial score (nSPS) is 29.8. The second-order valence-electron chi connectivity index (χ2n) is 3.91. The van der Waals surface area contributed by atoms with Crippen LogP contribution in [0.15, 0.2) is 22.8 Å². The number of carbonyl (C=O) groups excluding carboxylic acids is 1. The maximum atomic E-state index is 11.5. The van der Waals surface area contributed by atoms with E-state index in [1.165, 1.54) is 13.2 Å². The molecule has 3 N–H and O–H groups in total. The SMILES string of the molecule is COC(=O)C1=CC(O)C(O)C(O)C1=C(C)C. The molecular weight excluding hydrogens is 212 g/mol. The fraction of sp³-hybridized carbons (Fsp3) is 0.545. The Bertz CT molecular complexity index is 351. The zero-order valence-corrected chi connectivity index (χ0v) is 9.47. The first-order valence-electron chi connectivity index (χ1n) is 4.92. The van der Waals surface area contributed by atoms with E-state index in [-0.39, 0.29) is 5.57 Å². The summed E-state index contributed by atoms with van der Waals surface area (Å²) in [6.45, 7) is 3.42. The molecule has 0 saturated carbocycles. The van der Waals surface area contributed by atoms with Crippen LogP contribution in [-0.2, 0) is 9.53 Å². The van der Waals surface area contributed by atoms with Gasteiger partial charge in [-0.1, -0.05) is 5.57 Å². The Kier molecular flexibility index (Phi) is 3.85. The van der Waals surface area contributed by atoms with Crippen molar-refractivity contribution in [3.63, 3.8) is 0 Å². The molecule has 0 radical (unpaired) electrons. The third-order valence-electron chi connectivity index (χ3n) is 2.54. The molecule has 0 amide bonds. The van der Waals surface area contributed by atoms with E-state index >= 15 is 0 Å². The topological polar surface area (TPSA) is 87.0 Å². The Balaban J connectivity index is 3.27. The smallest absolute Gasteiger partial charge is 0.337 e. The molecule has 0 bridgehead atoms. The van der Waals surface area contributed by atoms with Crippen LogP contribution in [0.3, 0.4) is 0 Å². The van der Waals surface area contributed by atoms with E-state index in [4.69, 9.17) is 0 Å². The molecule has 0 aromatic heterocycles. The molecule has 0 aliphatic heterocycles. The van der Waals surface area contributed by atoms with Crippen LogP contribution in [0.4, 0.5) is 0 Å². The van der Waals surface area contributed by atoms with Crippen molar-refractivity contribution < 1.29 is 24.9 Å². The van der Waals surface area contributed by atoms with Gasteiger partial charge in [0.25, 0.3) is 0 Å². The average Bonchev–Trinajstić information content (AvgIpc) is 2.23. The highest BCUT2D eigenvalue weighted by Gasteiger charge is 2.36. The maximum Gasteiger partial charge on any atom is 0.337 e. The maximum absolute atomic E-state index is 11.5. The summed E-state index contributed by atoms with van der Waals surface area (Å²) in [6.07, 6.45) is -2.67. The lowest BCUT2D eigenvalue weighted by Crippen LogP contribution is -2.43. The van der Waals surface area contributed by atoms with Gasteiger partial charge in [-0.3, -0.25) is 0 Å². The van der Waals surface area contributed by atoms with Crippen LogP contribution in [0.1, 0.15) is 13.8 Å². The molecule has 3 unspecified atom stereocenters. The van der Waals surface area contributed by atoms with Crippen molar-refractivity contribution in [3.8, 4) is 0 Å². The quantitative estimate of drug-likeness (QED) is 0.528. The van der Waals surface area contributed by atoms with Gasteiger partial charge in [0.1, 0.15) is 18.3 Å². The average molecular weight is 228 g/mol. The Labute approximate surface area is 93.7 Å². The predicted octanol–water partition coefficient (Wildman–Crippen LogP) is -0.482. The number of rotatable bonds is 1. The molecule has 1 aliphatic rings. The second-order valence-corrected chi connectivity index (χ2v) is 3.91. The van der Waals surface area contributed by atoms with Crippen LogP contribution in [-0.4, -0.2) is 46.7 Å². The van der Waals surface area contributed by atoms with E-state index in [1.54, 1.807) is 13.8 Å². The van der Waals surface area contributed by atoms with E-state index in [0.29, 0.717) is 11.1 Å². The van der Waals surface area contributed by atoms with Gasteiger partial charge >= 0.3 is 5.97 Å². The molecule has 3 atom stereocenters. The van der Waals surface area contributed by atoms with Crippen molar-refractivity contribution >= 4 is 5.97 Å². The number of hydrogen-bond donors (Lipinski definition) is 3. The Hall–Kier alpha value is -1.17. The minimum absolute atomic E-state index is 0.104. The predicted molar refractivity (Wildman–Crippen MR) is 56.5 cm³/mol. The van der Waals surface area contributed by atoms with Crippen LogP contribution in [0.5, 0.6) is 0 Å². The lowest BCUT2D eigenvalue weighted by molar-refractivity contribution is -0.136. The molecule has 5 nitrogen and oxygen atoms in total. The lowest BCUT2D eigenvalue weighted by Gasteiger charge is -2.30. The van der Waals surface area contributed by atoms with Crippen LogP contribution in [0.25, 0.3) is 0 Å². The van der Waals surface area contributed by atoms with Gasteiger partial charge in [-0.2, -0.15) is 0 Å². The molecule has 0 fully saturated rings. The molecule has 16 heavy (non-hydrogen) atoms. The third-order valence-corrected chi connectivity index (χ3v) is 2.54. The highest BCUT2D eigenvalue weighted by Crippen LogP contribution is 2.28. The highest BCUT2D eigenvalue weighted by molar-refractivity contribution is 5.94. The van der Waals surface area contributed by atoms with Gasteiger partial charge in [-0.05, 0) is 25.5 Å². The van der Waals surface area contributed by atoms with E-state index in [9.17, 15) is 20.1 Å². The molecule has 0 aromatic rings. The zero-order valence-electron chi connectivity index (χ0n) is 9.47. The summed E-state index contributed by atoms with van der Waals surface area (Å²) in [5, 5.41) is 28.7. The second kappa shape index (κ2) is 4.78. The third kappa shape index (κ3) is 2.16. The van der Waals surface area contributed by atoms with E-state index < -0.39 is 24.3 Å². The van der Waals surface area contributed by atoms with Crippen LogP contribution in [0, 0.1) is 0 Å². The summed E-state index contributed by atoms with van der Waals surface area (Å²) in [7, 11) is 1.22. The van der Waals surface area contributed by atoms with Crippen molar-refractivity contribution in [2.75, 3.05) is 7.11 Å². The largest absolute Gasteiger partial charge is 0.465 e. The number of ether oxygens (including phenoxy) is 1. The number of aliphatic hydroxyl groups excluding tert-OH is 3. The molecule has 1 aliphatic carbocycles. The Morgan fingerprint density at radius 1 is 1.31 bits per heavy atom. The van der Waals surface area contributed by atoms with E-state index in [1.807, 2.05) is 0 Å². The van der Waals surface area contributed by atoms with Gasteiger partial charge < -0.3 is 20.1 Å². The first-order valence-corrected chi connectivity index (χ1v) is 4.92. The molecule has 90 valence electrons. The number of aliphatic hydroxyl groups is 3. The summed E-state index contributed by atoms with van der Waals surface area (Å²) in [5.41, 5.74) is 1.10. The minimum atomic E-state index is -1.32. The monoisotopic (exact) mass is 228 g/mol. The van der Waals surface area contributed by atoms with E-state index in [2.05, 4.69) is 4.74 Å². The Morgan fingerprint density at radius 2 is 1.88 bits per heavy atom. The number of allylic oxidation sites excluding steroid dienone is 1. The molecule has 0 aromatic carbocycles. The van der Waals surface area contributed by atoms with Crippen molar-refractivity contribution in [2.24, 2.45) is 0 Å². The summed E-state index contributed by atoms with van der Waals surface area (Å²) < 4.78 is 4.56. The van der Waals surface area contributed by atoms with Crippen molar-refractivity contribution in [2.45, 2.75) is 32.2 Å². The number of methoxy groups -OCH3 is 1.